The van der Waals surface area contributed by atoms with Gasteiger partial charge >= 0.3 is 5.69 Å². The molecule has 0 radical (unpaired) electrons. The predicted molar refractivity (Wildman–Crippen MR) is 113 cm³/mol. The lowest BCUT2D eigenvalue weighted by atomic mass is 10.0. The topological polar surface area (TPSA) is 90.2 Å². The molecule has 0 aliphatic heterocycles. The Balaban J connectivity index is 1.84. The Labute approximate surface area is 171 Å². The van der Waals surface area contributed by atoms with Crippen molar-refractivity contribution in [1.29, 1.82) is 0 Å². The molecule has 3 aromatic carbocycles. The Hall–Kier alpha value is -3.71. The first-order valence-electron chi connectivity index (χ1n) is 8.67. The van der Waals surface area contributed by atoms with Gasteiger partial charge in [0.2, 0.25) is 0 Å². The molecule has 8 heteroatoms. The highest BCUT2D eigenvalue weighted by Gasteiger charge is 2.18. The Morgan fingerprint density at radius 2 is 1.79 bits per heavy atom. The minimum atomic E-state index is -0.479. The maximum absolute atomic E-state index is 11.4. The highest BCUT2D eigenvalue weighted by Crippen LogP contribution is 2.35. The number of halogens is 1. The maximum Gasteiger partial charge on any atom is 0.311 e. The van der Waals surface area contributed by atoms with Crippen LogP contribution in [0, 0.1) is 10.1 Å². The van der Waals surface area contributed by atoms with E-state index in [9.17, 15) is 10.1 Å². The Kier molecular flexibility index (Phi) is 4.97. The molecule has 1 N–H and O–H groups in total. The lowest BCUT2D eigenvalue weighted by Gasteiger charge is -2.12. The van der Waals surface area contributed by atoms with Crippen LogP contribution in [0.2, 0.25) is 5.02 Å². The van der Waals surface area contributed by atoms with Crippen LogP contribution >= 0.6 is 11.6 Å². The first-order valence-corrected chi connectivity index (χ1v) is 9.05. The summed E-state index contributed by atoms with van der Waals surface area (Å²) in [4.78, 5) is 10.9. The third-order valence-corrected chi connectivity index (χ3v) is 4.66. The van der Waals surface area contributed by atoms with Gasteiger partial charge in [0.05, 0.1) is 12.0 Å². The number of ether oxygens (including phenoxy) is 1. The zero-order valence-corrected chi connectivity index (χ0v) is 16.1. The molecular weight excluding hydrogens is 392 g/mol. The molecule has 0 fully saturated rings. The van der Waals surface area contributed by atoms with Crippen LogP contribution in [0.3, 0.4) is 0 Å². The molecule has 1 aromatic heterocycles. The van der Waals surface area contributed by atoms with E-state index < -0.39 is 4.92 Å². The number of rotatable bonds is 5. The van der Waals surface area contributed by atoms with E-state index in [0.717, 1.165) is 16.5 Å². The SMILES string of the molecule is COc1ccc(-c2nnc(Nc3cccc(Cl)c3)c3ccccc23)cc1[N+](=O)[O-]. The smallest absolute Gasteiger partial charge is 0.311 e. The molecule has 29 heavy (non-hydrogen) atoms. The average Bonchev–Trinajstić information content (AvgIpc) is 2.73. The van der Waals surface area contributed by atoms with Gasteiger partial charge in [0.15, 0.2) is 11.6 Å². The fourth-order valence-electron chi connectivity index (χ4n) is 3.09. The molecule has 0 spiro atoms. The van der Waals surface area contributed by atoms with E-state index in [1.165, 1.54) is 13.2 Å². The van der Waals surface area contributed by atoms with Gasteiger partial charge in [0.1, 0.15) is 5.69 Å². The second kappa shape index (κ2) is 7.73. The second-order valence-electron chi connectivity index (χ2n) is 6.22. The van der Waals surface area contributed by atoms with Gasteiger partial charge < -0.3 is 10.1 Å². The van der Waals surface area contributed by atoms with Gasteiger partial charge in [0.25, 0.3) is 0 Å². The molecule has 0 amide bonds. The summed E-state index contributed by atoms with van der Waals surface area (Å²) in [6.45, 7) is 0. The third-order valence-electron chi connectivity index (χ3n) is 4.42. The number of nitrogens with one attached hydrogen (secondary N) is 1. The van der Waals surface area contributed by atoms with Crippen molar-refractivity contribution in [3.8, 4) is 17.0 Å². The number of benzene rings is 3. The third kappa shape index (κ3) is 3.68. The summed E-state index contributed by atoms with van der Waals surface area (Å²) in [6.07, 6.45) is 0. The molecule has 0 unspecified atom stereocenters. The van der Waals surface area contributed by atoms with E-state index >= 15 is 0 Å². The summed E-state index contributed by atoms with van der Waals surface area (Å²) in [5.41, 5.74) is 1.78. The summed E-state index contributed by atoms with van der Waals surface area (Å²) in [5.74, 6) is 0.755. The van der Waals surface area contributed by atoms with Crippen LogP contribution in [0.25, 0.3) is 22.0 Å². The number of fused-ring (bicyclic) bond motifs is 1. The minimum absolute atomic E-state index is 0.128. The molecule has 0 bridgehead atoms. The lowest BCUT2D eigenvalue weighted by Crippen LogP contribution is -2.00. The summed E-state index contributed by atoms with van der Waals surface area (Å²) >= 11 is 6.06. The first kappa shape index (κ1) is 18.6. The van der Waals surface area contributed by atoms with E-state index in [0.29, 0.717) is 22.1 Å². The van der Waals surface area contributed by atoms with Crippen LogP contribution in [-0.4, -0.2) is 22.2 Å². The van der Waals surface area contributed by atoms with Crippen LogP contribution in [0.15, 0.2) is 66.7 Å². The molecule has 7 nitrogen and oxygen atoms in total. The molecule has 0 aliphatic carbocycles. The highest BCUT2D eigenvalue weighted by atomic mass is 35.5. The monoisotopic (exact) mass is 406 g/mol. The molecule has 4 rings (SSSR count). The fourth-order valence-corrected chi connectivity index (χ4v) is 3.28. The van der Waals surface area contributed by atoms with E-state index in [4.69, 9.17) is 16.3 Å². The van der Waals surface area contributed by atoms with E-state index in [2.05, 4.69) is 15.5 Å². The predicted octanol–water partition coefficient (Wildman–Crippen LogP) is 5.61. The zero-order valence-electron chi connectivity index (χ0n) is 15.3. The Morgan fingerprint density at radius 3 is 2.52 bits per heavy atom. The molecule has 0 aliphatic rings. The quantitative estimate of drug-likeness (QED) is 0.342. The highest BCUT2D eigenvalue weighted by molar-refractivity contribution is 6.30. The van der Waals surface area contributed by atoms with Crippen molar-refractivity contribution in [1.82, 2.24) is 10.2 Å². The van der Waals surface area contributed by atoms with E-state index in [1.54, 1.807) is 24.3 Å². The van der Waals surface area contributed by atoms with Gasteiger partial charge in [-0.3, -0.25) is 10.1 Å². The molecule has 1 heterocycles. The van der Waals surface area contributed by atoms with Crippen molar-refractivity contribution < 1.29 is 9.66 Å². The standard InChI is InChI=1S/C21H15ClN4O3/c1-29-19-10-9-13(11-18(19)26(27)28)20-16-7-2-3-8-17(16)21(25-24-20)23-15-6-4-5-14(22)12-15/h2-12H,1H3,(H,23,25). The summed E-state index contributed by atoms with van der Waals surface area (Å²) in [6, 6.07) is 19.6. The van der Waals surface area contributed by atoms with Crippen molar-refractivity contribution in [3.05, 3.63) is 81.9 Å². The van der Waals surface area contributed by atoms with Gasteiger partial charge in [-0.1, -0.05) is 41.9 Å². The molecule has 144 valence electrons. The largest absolute Gasteiger partial charge is 0.490 e. The van der Waals surface area contributed by atoms with Crippen molar-refractivity contribution in [2.24, 2.45) is 0 Å². The summed E-state index contributed by atoms with van der Waals surface area (Å²) in [7, 11) is 1.40. The van der Waals surface area contributed by atoms with Crippen molar-refractivity contribution in [2.45, 2.75) is 0 Å². The molecule has 0 atom stereocenters. The zero-order chi connectivity index (χ0) is 20.4. The number of anilines is 2. The number of hydrogen-bond donors (Lipinski definition) is 1. The van der Waals surface area contributed by atoms with E-state index in [1.807, 2.05) is 36.4 Å². The van der Waals surface area contributed by atoms with Crippen LogP contribution in [0.5, 0.6) is 5.75 Å². The number of methoxy groups -OCH3 is 1. The van der Waals surface area contributed by atoms with Gasteiger partial charge in [-0.05, 0) is 30.3 Å². The van der Waals surface area contributed by atoms with Crippen molar-refractivity contribution >= 4 is 39.6 Å². The Morgan fingerprint density at radius 1 is 1.00 bits per heavy atom. The molecular formula is C21H15ClN4O3. The van der Waals surface area contributed by atoms with Gasteiger partial charge in [-0.15, -0.1) is 10.2 Å². The number of nitrogens with zero attached hydrogens (tertiary/aromatic N) is 3. The molecule has 0 saturated carbocycles. The van der Waals surface area contributed by atoms with Crippen LogP contribution < -0.4 is 10.1 Å². The van der Waals surface area contributed by atoms with Crippen molar-refractivity contribution in [3.63, 3.8) is 0 Å². The fraction of sp³-hybridized carbons (Fsp3) is 0.0476. The normalized spacial score (nSPS) is 10.7. The van der Waals surface area contributed by atoms with Gasteiger partial charge in [-0.2, -0.15) is 0 Å². The maximum atomic E-state index is 11.4. The van der Waals surface area contributed by atoms with Crippen molar-refractivity contribution in [2.75, 3.05) is 12.4 Å². The van der Waals surface area contributed by atoms with Crippen LogP contribution in [-0.2, 0) is 0 Å². The number of hydrogen-bond acceptors (Lipinski definition) is 6. The first-order chi connectivity index (χ1) is 14.1. The van der Waals surface area contributed by atoms with Gasteiger partial charge in [0, 0.05) is 33.1 Å². The number of aromatic nitrogens is 2. The summed E-state index contributed by atoms with van der Waals surface area (Å²) < 4.78 is 5.08. The van der Waals surface area contributed by atoms with Crippen LogP contribution in [0.4, 0.5) is 17.2 Å². The second-order valence-corrected chi connectivity index (χ2v) is 6.66. The minimum Gasteiger partial charge on any atom is -0.490 e. The Bertz CT molecular complexity index is 1230. The number of nitro groups is 1. The van der Waals surface area contributed by atoms with E-state index in [-0.39, 0.29) is 11.4 Å². The summed E-state index contributed by atoms with van der Waals surface area (Å²) in [5, 5.41) is 25.5. The molecule has 0 saturated heterocycles. The van der Waals surface area contributed by atoms with Gasteiger partial charge in [-0.25, -0.2) is 0 Å². The average molecular weight is 407 g/mol. The molecule has 4 aromatic rings. The number of nitro benzene ring substituents is 1. The van der Waals surface area contributed by atoms with Crippen LogP contribution in [0.1, 0.15) is 0 Å². The lowest BCUT2D eigenvalue weighted by molar-refractivity contribution is -0.385.